The molecule has 0 saturated carbocycles. The molecule has 0 spiro atoms. The van der Waals surface area contributed by atoms with E-state index in [1.807, 2.05) is 14.0 Å². The highest BCUT2D eigenvalue weighted by atomic mass is 16.6. The molecule has 3 aromatic heterocycles. The van der Waals surface area contributed by atoms with Gasteiger partial charge in [-0.05, 0) is 49.0 Å². The molecule has 0 aromatic carbocycles. The van der Waals surface area contributed by atoms with Crippen molar-refractivity contribution in [2.75, 3.05) is 36.5 Å². The van der Waals surface area contributed by atoms with Gasteiger partial charge in [-0.2, -0.15) is 5.10 Å². The standard InChI is InChI=1S/C16H22N8O/c1-10-12(11(2)20-19-10)6-9-23(3)15-16(24-7-4-5-8-24)18-14-13(17-15)21-25-22-14/h4-9H2,1-3H3,(H,19,20). The molecule has 9 heteroatoms. The Balaban J connectivity index is 1.63. The van der Waals surface area contributed by atoms with E-state index in [1.165, 1.54) is 18.4 Å². The molecule has 0 atom stereocenters. The molecule has 0 radical (unpaired) electrons. The molecule has 1 aliphatic heterocycles. The third-order valence-electron chi connectivity index (χ3n) is 4.82. The van der Waals surface area contributed by atoms with Crippen molar-refractivity contribution >= 4 is 22.9 Å². The molecular formula is C16H22N8O. The van der Waals surface area contributed by atoms with Gasteiger partial charge in [-0.15, -0.1) is 0 Å². The highest BCUT2D eigenvalue weighted by molar-refractivity contribution is 5.74. The van der Waals surface area contributed by atoms with Gasteiger partial charge in [-0.1, -0.05) is 0 Å². The Morgan fingerprint density at radius 2 is 1.84 bits per heavy atom. The molecule has 0 bridgehead atoms. The Labute approximate surface area is 145 Å². The van der Waals surface area contributed by atoms with Crippen molar-refractivity contribution in [3.8, 4) is 0 Å². The Kier molecular flexibility index (Phi) is 3.98. The highest BCUT2D eigenvalue weighted by Gasteiger charge is 2.23. The lowest BCUT2D eigenvalue weighted by atomic mass is 10.1. The fraction of sp³-hybridized carbons (Fsp3) is 0.562. The number of likely N-dealkylation sites (N-methyl/N-ethyl adjacent to an activating group) is 1. The highest BCUT2D eigenvalue weighted by Crippen LogP contribution is 2.29. The molecule has 4 rings (SSSR count). The zero-order valence-electron chi connectivity index (χ0n) is 14.8. The Bertz CT molecular complexity index is 860. The van der Waals surface area contributed by atoms with Gasteiger partial charge in [-0.3, -0.25) is 5.10 Å². The molecule has 132 valence electrons. The van der Waals surface area contributed by atoms with Crippen LogP contribution in [0.1, 0.15) is 29.8 Å². The second-order valence-electron chi connectivity index (χ2n) is 6.56. The predicted octanol–water partition coefficient (Wildman–Crippen LogP) is 1.63. The average Bonchev–Trinajstić information content (AvgIpc) is 3.34. The topological polar surface area (TPSA) is 99.9 Å². The van der Waals surface area contributed by atoms with Crippen molar-refractivity contribution in [3.63, 3.8) is 0 Å². The van der Waals surface area contributed by atoms with Gasteiger partial charge in [0, 0.05) is 32.4 Å². The maximum atomic E-state index is 4.79. The fourth-order valence-electron chi connectivity index (χ4n) is 3.35. The van der Waals surface area contributed by atoms with Gasteiger partial charge in [0.05, 0.1) is 5.69 Å². The minimum Gasteiger partial charge on any atom is -0.356 e. The number of hydrogen-bond donors (Lipinski definition) is 1. The summed E-state index contributed by atoms with van der Waals surface area (Å²) in [5.41, 5.74) is 4.33. The number of H-pyrrole nitrogens is 1. The number of fused-ring (bicyclic) bond motifs is 1. The van der Waals surface area contributed by atoms with Crippen LogP contribution >= 0.6 is 0 Å². The predicted molar refractivity (Wildman–Crippen MR) is 93.9 cm³/mol. The molecule has 4 heterocycles. The smallest absolute Gasteiger partial charge is 0.245 e. The first-order valence-corrected chi connectivity index (χ1v) is 8.60. The van der Waals surface area contributed by atoms with Crippen LogP contribution in [0.3, 0.4) is 0 Å². The number of anilines is 2. The number of aryl methyl sites for hydroxylation is 2. The maximum Gasteiger partial charge on any atom is 0.245 e. The maximum absolute atomic E-state index is 4.79. The second-order valence-corrected chi connectivity index (χ2v) is 6.56. The van der Waals surface area contributed by atoms with Crippen LogP contribution < -0.4 is 9.80 Å². The van der Waals surface area contributed by atoms with Crippen molar-refractivity contribution in [3.05, 3.63) is 17.0 Å². The van der Waals surface area contributed by atoms with Crippen LogP contribution in [-0.4, -0.2) is 57.2 Å². The molecule has 0 unspecified atom stereocenters. The molecule has 1 N–H and O–H groups in total. The van der Waals surface area contributed by atoms with Crippen LogP contribution in [0.5, 0.6) is 0 Å². The Morgan fingerprint density at radius 3 is 2.52 bits per heavy atom. The van der Waals surface area contributed by atoms with E-state index in [9.17, 15) is 0 Å². The first-order valence-electron chi connectivity index (χ1n) is 8.60. The zero-order valence-corrected chi connectivity index (χ0v) is 14.8. The summed E-state index contributed by atoms with van der Waals surface area (Å²) in [5.74, 6) is 1.69. The van der Waals surface area contributed by atoms with E-state index in [4.69, 9.17) is 4.63 Å². The van der Waals surface area contributed by atoms with Crippen molar-refractivity contribution in [1.29, 1.82) is 0 Å². The molecule has 9 nitrogen and oxygen atoms in total. The van der Waals surface area contributed by atoms with Crippen LogP contribution in [0.2, 0.25) is 0 Å². The first-order chi connectivity index (χ1) is 12.1. The van der Waals surface area contributed by atoms with Gasteiger partial charge in [0.2, 0.25) is 11.3 Å². The van der Waals surface area contributed by atoms with E-state index < -0.39 is 0 Å². The van der Waals surface area contributed by atoms with Gasteiger partial charge >= 0.3 is 0 Å². The summed E-state index contributed by atoms with van der Waals surface area (Å²) in [6.07, 6.45) is 3.24. The van der Waals surface area contributed by atoms with E-state index in [2.05, 4.69) is 47.2 Å². The van der Waals surface area contributed by atoms with Crippen LogP contribution in [0.25, 0.3) is 11.3 Å². The van der Waals surface area contributed by atoms with Gasteiger partial charge < -0.3 is 9.80 Å². The van der Waals surface area contributed by atoms with Crippen molar-refractivity contribution < 1.29 is 4.63 Å². The van der Waals surface area contributed by atoms with Crippen LogP contribution in [0.4, 0.5) is 11.6 Å². The molecular weight excluding hydrogens is 320 g/mol. The van der Waals surface area contributed by atoms with Crippen LogP contribution in [0.15, 0.2) is 4.63 Å². The van der Waals surface area contributed by atoms with Crippen molar-refractivity contribution in [2.24, 2.45) is 0 Å². The Morgan fingerprint density at radius 1 is 1.12 bits per heavy atom. The van der Waals surface area contributed by atoms with Crippen molar-refractivity contribution in [1.82, 2.24) is 30.5 Å². The van der Waals surface area contributed by atoms with E-state index >= 15 is 0 Å². The Hall–Kier alpha value is -2.71. The molecule has 1 saturated heterocycles. The third kappa shape index (κ3) is 2.90. The summed E-state index contributed by atoms with van der Waals surface area (Å²) in [6, 6.07) is 0. The summed E-state index contributed by atoms with van der Waals surface area (Å²) in [7, 11) is 2.04. The monoisotopic (exact) mass is 342 g/mol. The largest absolute Gasteiger partial charge is 0.356 e. The van der Waals surface area contributed by atoms with Crippen LogP contribution in [0, 0.1) is 13.8 Å². The number of nitrogens with one attached hydrogen (secondary N) is 1. The number of nitrogens with zero attached hydrogens (tertiary/aromatic N) is 7. The summed E-state index contributed by atoms with van der Waals surface area (Å²) < 4.78 is 4.79. The minimum atomic E-state index is 0.445. The lowest BCUT2D eigenvalue weighted by molar-refractivity contribution is 0.314. The van der Waals surface area contributed by atoms with E-state index in [1.54, 1.807) is 0 Å². The minimum absolute atomic E-state index is 0.445. The quantitative estimate of drug-likeness (QED) is 0.747. The van der Waals surface area contributed by atoms with E-state index in [0.29, 0.717) is 11.3 Å². The number of aromatic amines is 1. The summed E-state index contributed by atoms with van der Waals surface area (Å²) in [5, 5.41) is 15.0. The SMILES string of the molecule is Cc1n[nH]c(C)c1CCN(C)c1nc2nonc2nc1N1CCCC1. The second kappa shape index (κ2) is 6.30. The zero-order chi connectivity index (χ0) is 17.4. The van der Waals surface area contributed by atoms with Gasteiger partial charge in [0.15, 0.2) is 11.6 Å². The summed E-state index contributed by atoms with van der Waals surface area (Å²) in [6.45, 7) is 6.88. The number of hydrogen-bond acceptors (Lipinski definition) is 8. The summed E-state index contributed by atoms with van der Waals surface area (Å²) in [4.78, 5) is 13.7. The molecule has 25 heavy (non-hydrogen) atoms. The lowest BCUT2D eigenvalue weighted by Crippen LogP contribution is -2.27. The third-order valence-corrected chi connectivity index (χ3v) is 4.82. The molecule has 3 aromatic rings. The van der Waals surface area contributed by atoms with Crippen LogP contribution in [-0.2, 0) is 6.42 Å². The van der Waals surface area contributed by atoms with Gasteiger partial charge in [0.1, 0.15) is 0 Å². The number of rotatable bonds is 5. The fourth-order valence-corrected chi connectivity index (χ4v) is 3.35. The van der Waals surface area contributed by atoms with E-state index in [0.717, 1.165) is 49.1 Å². The van der Waals surface area contributed by atoms with Gasteiger partial charge in [0.25, 0.3) is 0 Å². The number of aromatic nitrogens is 6. The molecule has 0 aliphatic carbocycles. The summed E-state index contributed by atoms with van der Waals surface area (Å²) >= 11 is 0. The average molecular weight is 342 g/mol. The molecule has 0 amide bonds. The normalized spacial score (nSPS) is 14.6. The molecule has 1 fully saturated rings. The first kappa shape index (κ1) is 15.8. The van der Waals surface area contributed by atoms with Gasteiger partial charge in [-0.25, -0.2) is 14.6 Å². The lowest BCUT2D eigenvalue weighted by Gasteiger charge is -2.25. The van der Waals surface area contributed by atoms with Crippen molar-refractivity contribution in [2.45, 2.75) is 33.1 Å². The molecule has 1 aliphatic rings. The van der Waals surface area contributed by atoms with E-state index in [-0.39, 0.29) is 0 Å².